The Morgan fingerprint density at radius 1 is 0.650 bits per heavy atom. The van der Waals surface area contributed by atoms with Gasteiger partial charge in [0, 0.05) is 11.1 Å². The molecule has 1 nitrogen and oxygen atoms in total. The summed E-state index contributed by atoms with van der Waals surface area (Å²) in [6.45, 7) is 2.15. The maximum Gasteiger partial charge on any atom is 2.00 e. The maximum absolute atomic E-state index is 4.31. The second-order valence-electron chi connectivity index (χ2n) is 4.06. The van der Waals surface area contributed by atoms with Crippen LogP contribution in [0.1, 0.15) is 18.1 Å². The molecule has 0 amide bonds. The fourth-order valence-corrected chi connectivity index (χ4v) is 1.78. The zero-order valence-corrected chi connectivity index (χ0v) is 21.2. The Morgan fingerprint density at radius 2 is 0.900 bits per heavy atom. The van der Waals surface area contributed by atoms with E-state index >= 15 is 0 Å². The van der Waals surface area contributed by atoms with Crippen molar-refractivity contribution in [2.75, 3.05) is 0 Å². The first-order valence-corrected chi connectivity index (χ1v) is 5.17. The summed E-state index contributed by atoms with van der Waals surface area (Å²) in [5, 5.41) is 0. The van der Waals surface area contributed by atoms with E-state index in [9.17, 15) is 0 Å². The summed E-state index contributed by atoms with van der Waals surface area (Å²) in [6, 6.07) is 20.8. The van der Waals surface area contributed by atoms with Gasteiger partial charge in [-0.1, -0.05) is 60.7 Å². The van der Waals surface area contributed by atoms with Gasteiger partial charge in [-0.2, -0.15) is 0 Å². The smallest absolute Gasteiger partial charge is 1.00 e. The van der Waals surface area contributed by atoms with Gasteiger partial charge in [0.05, 0.1) is 0 Å². The molecule has 0 fully saturated rings. The van der Waals surface area contributed by atoms with E-state index in [1.165, 1.54) is 11.1 Å². The van der Waals surface area contributed by atoms with Crippen LogP contribution in [0.4, 0.5) is 0 Å². The van der Waals surface area contributed by atoms with Gasteiger partial charge in [0.1, 0.15) is 5.54 Å². The first-order valence-electron chi connectivity index (χ1n) is 5.17. The van der Waals surface area contributed by atoms with Gasteiger partial charge >= 0.3 is 27.3 Å². The molecule has 0 aliphatic carbocycles. The number of rotatable bonds is 2. The van der Waals surface area contributed by atoms with E-state index < -0.39 is 0 Å². The molecule has 0 bridgehead atoms. The molecule has 110 valence electrons. The van der Waals surface area contributed by atoms with E-state index in [0.29, 0.717) is 0 Å². The molecule has 0 aliphatic rings. The molecular weight excluding hydrogens is 709 g/mol. The predicted octanol–water partition coefficient (Wildman–Crippen LogP) is -10.2. The third kappa shape index (κ3) is 7.49. The number of halogens is 4. The summed E-state index contributed by atoms with van der Waals surface area (Å²) in [4.78, 5) is 0. The van der Waals surface area contributed by atoms with Crippen molar-refractivity contribution in [3.8, 4) is 0 Å². The van der Waals surface area contributed by atoms with Gasteiger partial charge in [0.2, 0.25) is 0 Å². The van der Waals surface area contributed by atoms with Crippen molar-refractivity contribution >= 4 is 27.3 Å². The van der Waals surface area contributed by atoms with Crippen LogP contribution in [0.3, 0.4) is 0 Å². The molecule has 0 atom stereocenters. The van der Waals surface area contributed by atoms with E-state index in [-0.39, 0.29) is 101 Å². The molecule has 2 aromatic rings. The largest absolute Gasteiger partial charge is 2.00 e. The molecule has 2 aromatic carbocycles. The summed E-state index contributed by atoms with van der Waals surface area (Å²) in [5.41, 5.74) is 6.64. The van der Waals surface area contributed by atoms with Crippen LogP contribution in [0.5, 0.6) is 0 Å². The molecule has 20 heavy (non-hydrogen) atoms. The summed E-state index contributed by atoms with van der Waals surface area (Å²) in [7, 11) is 0. The van der Waals surface area contributed by atoms with Crippen LogP contribution in [0, 0.1) is 0 Å². The minimum absolute atomic E-state index is 0. The quantitative estimate of drug-likeness (QED) is 0.299. The summed E-state index contributed by atoms with van der Waals surface area (Å²) < 4.78 is 0. The van der Waals surface area contributed by atoms with Crippen molar-refractivity contribution < 1.29 is 73.7 Å². The first-order chi connectivity index (χ1) is 7.21. The van der Waals surface area contributed by atoms with E-state index in [2.05, 4.69) is 61.2 Å². The van der Waals surface area contributed by atoms with Crippen LogP contribution in [0.15, 0.2) is 60.7 Å². The molecule has 0 unspecified atom stereocenters. The topological polar surface area (TPSA) is 27.6 Å². The average Bonchev–Trinajstić information content (AvgIpc) is 2.31. The van der Waals surface area contributed by atoms with Gasteiger partial charge in [-0.05, 0) is 6.92 Å². The molecular formula is C14H16Br4NPb-. The van der Waals surface area contributed by atoms with E-state index in [1.54, 1.807) is 0 Å². The van der Waals surface area contributed by atoms with Gasteiger partial charge in [-0.25, -0.2) is 0 Å². The van der Waals surface area contributed by atoms with E-state index in [4.69, 9.17) is 0 Å². The zero-order valence-electron chi connectivity index (χ0n) is 11.0. The average molecular weight is 725 g/mol. The molecule has 0 saturated carbocycles. The van der Waals surface area contributed by atoms with Crippen LogP contribution >= 0.6 is 0 Å². The summed E-state index contributed by atoms with van der Waals surface area (Å²) in [5.74, 6) is 0. The van der Waals surface area contributed by atoms with Crippen molar-refractivity contribution in [2.45, 2.75) is 12.5 Å². The Morgan fingerprint density at radius 3 is 1.15 bits per heavy atom. The molecule has 2 radical (unpaired) electrons. The monoisotopic (exact) mass is 722 g/mol. The van der Waals surface area contributed by atoms with Gasteiger partial charge in [-0.15, -0.1) is 0 Å². The van der Waals surface area contributed by atoms with Crippen LogP contribution < -0.4 is 73.7 Å². The Kier molecular flexibility index (Phi) is 20.3. The molecule has 0 saturated heterocycles. The number of hydrogen-bond donors (Lipinski definition) is 1. The minimum atomic E-state index is -0.164. The normalized spacial score (nSPS) is 8.50. The van der Waals surface area contributed by atoms with Crippen LogP contribution in [-0.2, 0) is 5.54 Å². The van der Waals surface area contributed by atoms with Gasteiger partial charge in [0.15, 0.2) is 0 Å². The molecule has 0 spiro atoms. The van der Waals surface area contributed by atoms with Crippen molar-refractivity contribution in [1.82, 2.24) is 0 Å². The molecule has 0 aromatic heterocycles. The fourth-order valence-electron chi connectivity index (χ4n) is 1.78. The molecule has 6 heteroatoms. The third-order valence-electron chi connectivity index (χ3n) is 2.82. The number of quaternary nitrogens is 1. The number of hydrogen-bond acceptors (Lipinski definition) is 0. The van der Waals surface area contributed by atoms with E-state index in [1.807, 2.05) is 12.1 Å². The molecule has 2 rings (SSSR count). The molecule has 0 aliphatic heterocycles. The van der Waals surface area contributed by atoms with Crippen molar-refractivity contribution in [2.24, 2.45) is 0 Å². The summed E-state index contributed by atoms with van der Waals surface area (Å²) >= 11 is 0. The first kappa shape index (κ1) is 29.3. The Bertz CT molecular complexity index is 396. The maximum atomic E-state index is 4.31. The standard InChI is InChI=1S/C14H15N.4BrH.Pb/c1-14(15,12-8-4-2-5-9-12)13-10-6-3-7-11-13;;;;;/h2-11H,15H2,1H3;4*1H;/q;;;;;+2/p-3. The Labute approximate surface area is 183 Å². The minimum Gasteiger partial charge on any atom is -1.00 e. The second kappa shape index (κ2) is 13.9. The van der Waals surface area contributed by atoms with E-state index in [0.717, 1.165) is 0 Å². The zero-order chi connectivity index (χ0) is 10.7. The van der Waals surface area contributed by atoms with Crippen molar-refractivity contribution in [3.05, 3.63) is 71.8 Å². The van der Waals surface area contributed by atoms with Gasteiger partial charge in [0.25, 0.3) is 0 Å². The Balaban J connectivity index is -0.000000256. The second-order valence-corrected chi connectivity index (χ2v) is 4.06. The van der Waals surface area contributed by atoms with Crippen LogP contribution in [0.2, 0.25) is 0 Å². The van der Waals surface area contributed by atoms with Crippen LogP contribution in [0.25, 0.3) is 0 Å². The van der Waals surface area contributed by atoms with Crippen molar-refractivity contribution in [3.63, 3.8) is 0 Å². The molecule has 0 heterocycles. The van der Waals surface area contributed by atoms with Crippen LogP contribution in [-0.4, -0.2) is 27.3 Å². The fraction of sp³-hybridized carbons (Fsp3) is 0.143. The van der Waals surface area contributed by atoms with Gasteiger partial charge in [-0.3, -0.25) is 0 Å². The SMILES string of the molecule is CC([NH3+])(c1ccccc1)c1ccccc1.[Br-].[Br-].[Br-].[Br-].[Pb+2]. The Hall–Kier alpha value is 1.24. The number of benzene rings is 2. The van der Waals surface area contributed by atoms with Gasteiger partial charge < -0.3 is 73.7 Å². The van der Waals surface area contributed by atoms with Crippen molar-refractivity contribution in [1.29, 1.82) is 0 Å². The predicted molar refractivity (Wildman–Crippen MR) is 68.0 cm³/mol. The third-order valence-corrected chi connectivity index (χ3v) is 2.82. The summed E-state index contributed by atoms with van der Waals surface area (Å²) in [6.07, 6.45) is 0. The molecule has 3 N–H and O–H groups in total.